The zero-order valence-electron chi connectivity index (χ0n) is 6.96. The first-order valence-electron chi connectivity index (χ1n) is 4.39. The van der Waals surface area contributed by atoms with Gasteiger partial charge in [-0.15, -0.1) is 12.6 Å². The third-order valence-electron chi connectivity index (χ3n) is 2.37. The fraction of sp³-hybridized carbons (Fsp3) is 0.400. The normalized spacial score (nSPS) is 22.9. The topological polar surface area (TPSA) is 12.0 Å². The Kier molecular flexibility index (Phi) is 2.38. The monoisotopic (exact) mass is 179 g/mol. The third-order valence-corrected chi connectivity index (χ3v) is 2.78. The van der Waals surface area contributed by atoms with E-state index in [1.807, 2.05) is 6.07 Å². The summed E-state index contributed by atoms with van der Waals surface area (Å²) in [6.07, 6.45) is 2.53. The molecular formula is C10H13NS. The lowest BCUT2D eigenvalue weighted by molar-refractivity contribution is 0.637. The van der Waals surface area contributed by atoms with Crippen molar-refractivity contribution in [1.82, 2.24) is 5.32 Å². The van der Waals surface area contributed by atoms with Gasteiger partial charge in [-0.3, -0.25) is 0 Å². The highest BCUT2D eigenvalue weighted by Crippen LogP contribution is 2.27. The predicted octanol–water partition coefficient (Wildman–Crippen LogP) is 2.40. The Labute approximate surface area is 78.6 Å². The molecule has 0 spiro atoms. The van der Waals surface area contributed by atoms with Gasteiger partial charge in [-0.25, -0.2) is 0 Å². The van der Waals surface area contributed by atoms with Crippen LogP contribution in [0.4, 0.5) is 0 Å². The summed E-state index contributed by atoms with van der Waals surface area (Å²) in [7, 11) is 0. The molecule has 0 radical (unpaired) electrons. The van der Waals surface area contributed by atoms with Crippen LogP contribution in [0.3, 0.4) is 0 Å². The molecule has 2 rings (SSSR count). The van der Waals surface area contributed by atoms with Gasteiger partial charge in [0.15, 0.2) is 0 Å². The van der Waals surface area contributed by atoms with Gasteiger partial charge < -0.3 is 5.32 Å². The van der Waals surface area contributed by atoms with E-state index in [2.05, 4.69) is 36.1 Å². The van der Waals surface area contributed by atoms with Crippen molar-refractivity contribution in [1.29, 1.82) is 0 Å². The van der Waals surface area contributed by atoms with Gasteiger partial charge in [-0.1, -0.05) is 18.2 Å². The van der Waals surface area contributed by atoms with Crippen LogP contribution in [0.25, 0.3) is 0 Å². The van der Waals surface area contributed by atoms with Gasteiger partial charge in [0.25, 0.3) is 0 Å². The van der Waals surface area contributed by atoms with E-state index in [1.54, 1.807) is 0 Å². The van der Waals surface area contributed by atoms with Crippen molar-refractivity contribution in [2.75, 3.05) is 6.54 Å². The first-order valence-corrected chi connectivity index (χ1v) is 4.84. The van der Waals surface area contributed by atoms with Crippen LogP contribution in [0.5, 0.6) is 0 Å². The maximum Gasteiger partial charge on any atom is 0.0331 e. The van der Waals surface area contributed by atoms with Gasteiger partial charge in [-0.2, -0.15) is 0 Å². The van der Waals surface area contributed by atoms with Crippen LogP contribution < -0.4 is 5.32 Å². The van der Waals surface area contributed by atoms with Crippen molar-refractivity contribution < 1.29 is 0 Å². The number of nitrogens with one attached hydrogen (secondary N) is 1. The van der Waals surface area contributed by atoms with E-state index in [4.69, 9.17) is 0 Å². The summed E-state index contributed by atoms with van der Waals surface area (Å²) in [6, 6.07) is 8.86. The molecule has 0 aromatic heterocycles. The molecule has 1 saturated heterocycles. The molecule has 1 heterocycles. The molecule has 64 valence electrons. The molecule has 1 N–H and O–H groups in total. The Morgan fingerprint density at radius 1 is 1.33 bits per heavy atom. The van der Waals surface area contributed by atoms with Crippen LogP contribution >= 0.6 is 12.6 Å². The second-order valence-corrected chi connectivity index (χ2v) is 3.69. The molecule has 0 aliphatic carbocycles. The van der Waals surface area contributed by atoms with Crippen molar-refractivity contribution in [3.63, 3.8) is 0 Å². The minimum absolute atomic E-state index is 0.540. The Hall–Kier alpha value is -0.470. The number of thiol groups is 1. The fourth-order valence-electron chi connectivity index (χ4n) is 1.73. The van der Waals surface area contributed by atoms with Gasteiger partial charge in [0.1, 0.15) is 0 Å². The molecule has 0 unspecified atom stereocenters. The first-order chi connectivity index (χ1) is 5.88. The summed E-state index contributed by atoms with van der Waals surface area (Å²) in [4.78, 5) is 1.11. The zero-order chi connectivity index (χ0) is 8.39. The molecule has 12 heavy (non-hydrogen) atoms. The average molecular weight is 179 g/mol. The molecule has 1 aliphatic heterocycles. The number of benzene rings is 1. The van der Waals surface area contributed by atoms with E-state index >= 15 is 0 Å². The molecule has 1 fully saturated rings. The van der Waals surface area contributed by atoms with Gasteiger partial charge in [0.05, 0.1) is 0 Å². The summed E-state index contributed by atoms with van der Waals surface area (Å²) in [5, 5.41) is 3.46. The lowest BCUT2D eigenvalue weighted by atomic mass is 10.1. The Morgan fingerprint density at radius 3 is 2.83 bits per heavy atom. The van der Waals surface area contributed by atoms with Gasteiger partial charge in [-0.05, 0) is 31.0 Å². The highest BCUT2D eigenvalue weighted by atomic mass is 32.1. The molecule has 1 nitrogen and oxygen atoms in total. The van der Waals surface area contributed by atoms with E-state index in [0.717, 1.165) is 11.4 Å². The summed E-state index contributed by atoms with van der Waals surface area (Å²) in [5.41, 5.74) is 1.35. The quantitative estimate of drug-likeness (QED) is 0.631. The van der Waals surface area contributed by atoms with Crippen molar-refractivity contribution >= 4 is 12.6 Å². The molecule has 1 aromatic rings. The summed E-state index contributed by atoms with van der Waals surface area (Å²) in [6.45, 7) is 1.15. The molecule has 1 aliphatic rings. The zero-order valence-corrected chi connectivity index (χ0v) is 7.85. The molecule has 0 bridgehead atoms. The number of rotatable bonds is 1. The summed E-state index contributed by atoms with van der Waals surface area (Å²) >= 11 is 4.43. The van der Waals surface area contributed by atoms with Crippen LogP contribution in [-0.4, -0.2) is 6.54 Å². The molecule has 1 aromatic carbocycles. The molecule has 0 amide bonds. The SMILES string of the molecule is Sc1ccccc1[C@@H]1CCCN1. The Morgan fingerprint density at radius 2 is 2.17 bits per heavy atom. The molecule has 2 heteroatoms. The minimum atomic E-state index is 0.540. The van der Waals surface area contributed by atoms with Crippen molar-refractivity contribution in [3.8, 4) is 0 Å². The summed E-state index contributed by atoms with van der Waals surface area (Å²) < 4.78 is 0. The third kappa shape index (κ3) is 1.50. The van der Waals surface area contributed by atoms with Gasteiger partial charge in [0.2, 0.25) is 0 Å². The standard InChI is InChI=1S/C10H13NS/c12-10-6-2-1-4-8(10)9-5-3-7-11-9/h1-2,4,6,9,11-12H,3,5,7H2/t9-/m0/s1. The predicted molar refractivity (Wildman–Crippen MR) is 53.7 cm³/mol. The van der Waals surface area contributed by atoms with Crippen molar-refractivity contribution in [3.05, 3.63) is 29.8 Å². The van der Waals surface area contributed by atoms with Crippen LogP contribution in [0.1, 0.15) is 24.4 Å². The van der Waals surface area contributed by atoms with E-state index in [9.17, 15) is 0 Å². The Bertz CT molecular complexity index is 266. The lowest BCUT2D eigenvalue weighted by Gasteiger charge is -2.12. The molecule has 1 atom stereocenters. The molecule has 0 saturated carbocycles. The van der Waals surface area contributed by atoms with Gasteiger partial charge in [0, 0.05) is 10.9 Å². The number of hydrogen-bond acceptors (Lipinski definition) is 2. The highest BCUT2D eigenvalue weighted by Gasteiger charge is 2.17. The number of hydrogen-bond donors (Lipinski definition) is 2. The van der Waals surface area contributed by atoms with Crippen LogP contribution in [0.15, 0.2) is 29.2 Å². The van der Waals surface area contributed by atoms with Crippen LogP contribution in [0.2, 0.25) is 0 Å². The highest BCUT2D eigenvalue weighted by molar-refractivity contribution is 7.80. The van der Waals surface area contributed by atoms with E-state index < -0.39 is 0 Å². The second-order valence-electron chi connectivity index (χ2n) is 3.21. The molecular weight excluding hydrogens is 166 g/mol. The van der Waals surface area contributed by atoms with Crippen molar-refractivity contribution in [2.45, 2.75) is 23.8 Å². The van der Waals surface area contributed by atoms with Crippen LogP contribution in [0, 0.1) is 0 Å². The maximum atomic E-state index is 4.43. The summed E-state index contributed by atoms with van der Waals surface area (Å²) in [5.74, 6) is 0. The maximum absolute atomic E-state index is 4.43. The smallest absolute Gasteiger partial charge is 0.0331 e. The minimum Gasteiger partial charge on any atom is -0.310 e. The Balaban J connectivity index is 2.26. The van der Waals surface area contributed by atoms with Crippen LogP contribution in [-0.2, 0) is 0 Å². The van der Waals surface area contributed by atoms with Gasteiger partial charge >= 0.3 is 0 Å². The van der Waals surface area contributed by atoms with E-state index in [-0.39, 0.29) is 0 Å². The van der Waals surface area contributed by atoms with E-state index in [1.165, 1.54) is 18.4 Å². The largest absolute Gasteiger partial charge is 0.310 e. The van der Waals surface area contributed by atoms with E-state index in [0.29, 0.717) is 6.04 Å². The fourth-order valence-corrected chi connectivity index (χ4v) is 2.05. The second kappa shape index (κ2) is 3.50. The average Bonchev–Trinajstić information content (AvgIpc) is 2.57. The first kappa shape index (κ1) is 8.14. The van der Waals surface area contributed by atoms with Crippen molar-refractivity contribution in [2.24, 2.45) is 0 Å². The lowest BCUT2D eigenvalue weighted by Crippen LogP contribution is -2.13.